The van der Waals surface area contributed by atoms with Crippen molar-refractivity contribution in [3.8, 4) is 22.6 Å². The first-order chi connectivity index (χ1) is 14.0. The summed E-state index contributed by atoms with van der Waals surface area (Å²) in [7, 11) is 0. The number of aryl methyl sites for hydroxylation is 1. The summed E-state index contributed by atoms with van der Waals surface area (Å²) < 4.78 is 81.3. The van der Waals surface area contributed by atoms with Crippen molar-refractivity contribution in [1.29, 1.82) is 0 Å². The predicted octanol–water partition coefficient (Wildman–Crippen LogP) is 5.95. The number of rotatable bonds is 4. The maximum Gasteiger partial charge on any atom is 0.408 e. The van der Waals surface area contributed by atoms with E-state index >= 15 is 0 Å². The Labute approximate surface area is 172 Å². The molecule has 3 aromatic rings. The summed E-state index contributed by atoms with van der Waals surface area (Å²) in [6.07, 6.45) is -4.70. The topological polar surface area (TPSA) is 50.7 Å². The SMILES string of the molecule is Cc1cccc(-c2nc(Cl)c(-c3c(F)cc(F)cc3F)c(N[C@@H](C)C(F)(F)F)n2)n1. The number of alkyl halides is 3. The molecule has 0 amide bonds. The molecule has 0 fully saturated rings. The van der Waals surface area contributed by atoms with Gasteiger partial charge in [-0.15, -0.1) is 0 Å². The van der Waals surface area contributed by atoms with Crippen LogP contribution in [0.5, 0.6) is 0 Å². The minimum atomic E-state index is -4.70. The van der Waals surface area contributed by atoms with Crippen LogP contribution in [0.3, 0.4) is 0 Å². The zero-order valence-electron chi connectivity index (χ0n) is 15.5. The zero-order valence-corrected chi connectivity index (χ0v) is 16.2. The quantitative estimate of drug-likeness (QED) is 0.397. The Morgan fingerprint density at radius 2 is 1.60 bits per heavy atom. The maximum atomic E-state index is 14.3. The lowest BCUT2D eigenvalue weighted by atomic mass is 10.1. The summed E-state index contributed by atoms with van der Waals surface area (Å²) in [6, 6.07) is 3.39. The first-order valence-corrected chi connectivity index (χ1v) is 8.85. The van der Waals surface area contributed by atoms with Gasteiger partial charge in [0.05, 0.1) is 11.1 Å². The highest BCUT2D eigenvalue weighted by molar-refractivity contribution is 6.32. The molecule has 1 aromatic carbocycles. The normalized spacial score (nSPS) is 12.7. The number of benzene rings is 1. The van der Waals surface area contributed by atoms with E-state index in [-0.39, 0.29) is 11.5 Å². The minimum Gasteiger partial charge on any atom is -0.358 e. The van der Waals surface area contributed by atoms with Crippen LogP contribution in [0.4, 0.5) is 32.2 Å². The molecule has 0 aliphatic carbocycles. The van der Waals surface area contributed by atoms with Crippen molar-refractivity contribution in [3.63, 3.8) is 0 Å². The van der Waals surface area contributed by atoms with Gasteiger partial charge in [-0.3, -0.25) is 0 Å². The van der Waals surface area contributed by atoms with Gasteiger partial charge in [-0.2, -0.15) is 13.2 Å². The molecule has 1 N–H and O–H groups in total. The van der Waals surface area contributed by atoms with Crippen LogP contribution in [0.25, 0.3) is 22.6 Å². The van der Waals surface area contributed by atoms with Gasteiger partial charge >= 0.3 is 6.18 Å². The molecule has 0 bridgehead atoms. The van der Waals surface area contributed by atoms with Crippen LogP contribution < -0.4 is 5.32 Å². The molecule has 2 aromatic heterocycles. The molecule has 158 valence electrons. The molecule has 11 heteroatoms. The number of hydrogen-bond donors (Lipinski definition) is 1. The Kier molecular flexibility index (Phi) is 5.89. The maximum absolute atomic E-state index is 14.3. The number of hydrogen-bond acceptors (Lipinski definition) is 4. The van der Waals surface area contributed by atoms with Crippen molar-refractivity contribution in [2.75, 3.05) is 5.32 Å². The van der Waals surface area contributed by atoms with Gasteiger partial charge in [-0.1, -0.05) is 17.7 Å². The third kappa shape index (κ3) is 4.48. The van der Waals surface area contributed by atoms with Crippen molar-refractivity contribution in [2.45, 2.75) is 26.1 Å². The average Bonchev–Trinajstić information content (AvgIpc) is 2.62. The van der Waals surface area contributed by atoms with E-state index in [0.29, 0.717) is 17.8 Å². The van der Waals surface area contributed by atoms with Crippen LogP contribution in [0.15, 0.2) is 30.3 Å². The number of nitrogens with zero attached hydrogens (tertiary/aromatic N) is 3. The summed E-state index contributed by atoms with van der Waals surface area (Å²) in [4.78, 5) is 12.1. The molecule has 0 saturated heterocycles. The lowest BCUT2D eigenvalue weighted by Crippen LogP contribution is -2.33. The van der Waals surface area contributed by atoms with Gasteiger partial charge in [0.25, 0.3) is 0 Å². The van der Waals surface area contributed by atoms with Crippen molar-refractivity contribution in [2.24, 2.45) is 0 Å². The van der Waals surface area contributed by atoms with Crippen LogP contribution in [-0.2, 0) is 0 Å². The molecule has 30 heavy (non-hydrogen) atoms. The Morgan fingerprint density at radius 3 is 2.17 bits per heavy atom. The second-order valence-corrected chi connectivity index (χ2v) is 6.74. The van der Waals surface area contributed by atoms with Crippen molar-refractivity contribution < 1.29 is 26.3 Å². The zero-order chi connectivity index (χ0) is 22.2. The average molecular weight is 447 g/mol. The van der Waals surface area contributed by atoms with Gasteiger partial charge in [-0.25, -0.2) is 28.1 Å². The molecule has 0 aliphatic rings. The van der Waals surface area contributed by atoms with E-state index in [0.717, 1.165) is 6.92 Å². The molecule has 0 spiro atoms. The van der Waals surface area contributed by atoms with E-state index in [1.807, 2.05) is 0 Å². The van der Waals surface area contributed by atoms with E-state index in [1.54, 1.807) is 19.1 Å². The molecule has 1 atom stereocenters. The Hall–Kier alpha value is -2.88. The van der Waals surface area contributed by atoms with Gasteiger partial charge in [0.2, 0.25) is 0 Å². The van der Waals surface area contributed by atoms with Gasteiger partial charge in [0.1, 0.15) is 40.2 Å². The standard InChI is InChI=1S/C19H13ClF6N4/c1-8-4-3-5-13(27-8)17-29-16(20)15(14-11(22)6-10(21)7-12(14)23)18(30-17)28-9(2)19(24,25)26/h3-7,9H,1-2H3,(H,28,29,30)/t9-/m0/s1. The second-order valence-electron chi connectivity index (χ2n) is 6.38. The largest absolute Gasteiger partial charge is 0.408 e. The Bertz CT molecular complexity index is 1080. The number of pyridine rings is 1. The number of anilines is 1. The predicted molar refractivity (Wildman–Crippen MR) is 99.5 cm³/mol. The van der Waals surface area contributed by atoms with Gasteiger partial charge in [0, 0.05) is 17.8 Å². The Morgan fingerprint density at radius 1 is 0.967 bits per heavy atom. The van der Waals surface area contributed by atoms with Crippen LogP contribution in [0.1, 0.15) is 12.6 Å². The molecule has 0 saturated carbocycles. The Balaban J connectivity index is 2.26. The van der Waals surface area contributed by atoms with Crippen molar-refractivity contribution >= 4 is 17.4 Å². The summed E-state index contributed by atoms with van der Waals surface area (Å²) in [5.74, 6) is -4.69. The van der Waals surface area contributed by atoms with E-state index in [1.165, 1.54) is 6.07 Å². The van der Waals surface area contributed by atoms with Gasteiger partial charge in [-0.05, 0) is 26.0 Å². The van der Waals surface area contributed by atoms with Crippen LogP contribution in [0, 0.1) is 24.4 Å². The fraction of sp³-hybridized carbons (Fsp3) is 0.211. The highest BCUT2D eigenvalue weighted by Gasteiger charge is 2.37. The molecule has 0 unspecified atom stereocenters. The first kappa shape index (κ1) is 21.8. The molecule has 0 radical (unpaired) electrons. The van der Waals surface area contributed by atoms with Crippen LogP contribution in [-0.4, -0.2) is 27.2 Å². The number of halogens is 7. The summed E-state index contributed by atoms with van der Waals surface area (Å²) >= 11 is 6.11. The molecule has 4 nitrogen and oxygen atoms in total. The second kappa shape index (κ2) is 8.10. The lowest BCUT2D eigenvalue weighted by Gasteiger charge is -2.21. The highest BCUT2D eigenvalue weighted by Crippen LogP contribution is 2.39. The van der Waals surface area contributed by atoms with Gasteiger partial charge < -0.3 is 5.32 Å². The highest BCUT2D eigenvalue weighted by atomic mass is 35.5. The molecule has 3 rings (SSSR count). The summed E-state index contributed by atoms with van der Waals surface area (Å²) in [5, 5.41) is 1.53. The van der Waals surface area contributed by atoms with E-state index in [9.17, 15) is 26.3 Å². The molecular formula is C19H13ClF6N4. The first-order valence-electron chi connectivity index (χ1n) is 8.47. The van der Waals surface area contributed by atoms with E-state index in [2.05, 4.69) is 20.3 Å². The third-order valence-corrected chi connectivity index (χ3v) is 4.36. The monoisotopic (exact) mass is 446 g/mol. The van der Waals surface area contributed by atoms with Crippen molar-refractivity contribution in [1.82, 2.24) is 15.0 Å². The fourth-order valence-electron chi connectivity index (χ4n) is 2.61. The molecular weight excluding hydrogens is 434 g/mol. The van der Waals surface area contributed by atoms with E-state index < -0.39 is 51.8 Å². The summed E-state index contributed by atoms with van der Waals surface area (Å²) in [5.41, 5.74) is -0.669. The number of nitrogens with one attached hydrogen (secondary N) is 1. The van der Waals surface area contributed by atoms with Crippen LogP contribution >= 0.6 is 11.6 Å². The molecule has 2 heterocycles. The fourth-order valence-corrected chi connectivity index (χ4v) is 2.87. The minimum absolute atomic E-state index is 0.160. The third-order valence-electron chi connectivity index (χ3n) is 4.08. The van der Waals surface area contributed by atoms with Crippen molar-refractivity contribution in [3.05, 3.63) is 58.6 Å². The van der Waals surface area contributed by atoms with Gasteiger partial charge in [0.15, 0.2) is 5.82 Å². The number of aromatic nitrogens is 3. The van der Waals surface area contributed by atoms with Crippen LogP contribution in [0.2, 0.25) is 5.15 Å². The lowest BCUT2D eigenvalue weighted by molar-refractivity contribution is -0.138. The smallest absolute Gasteiger partial charge is 0.358 e. The molecule has 0 aliphatic heterocycles. The van der Waals surface area contributed by atoms with E-state index in [4.69, 9.17) is 11.6 Å². The summed E-state index contributed by atoms with van der Waals surface area (Å²) in [6.45, 7) is 2.47.